The van der Waals surface area contributed by atoms with Crippen molar-refractivity contribution in [2.45, 2.75) is 26.4 Å². The van der Waals surface area contributed by atoms with E-state index in [1.165, 1.54) is 6.07 Å². The predicted molar refractivity (Wildman–Crippen MR) is 75.0 cm³/mol. The minimum absolute atomic E-state index is 0.517. The zero-order chi connectivity index (χ0) is 14.8. The van der Waals surface area contributed by atoms with Crippen LogP contribution in [0.3, 0.4) is 0 Å². The largest absolute Gasteiger partial charge is 0.416 e. The van der Waals surface area contributed by atoms with E-state index in [0.717, 1.165) is 49.9 Å². The van der Waals surface area contributed by atoms with Gasteiger partial charge in [0.05, 0.1) is 5.56 Å². The molecule has 1 aromatic carbocycles. The van der Waals surface area contributed by atoms with Gasteiger partial charge in [-0.15, -0.1) is 0 Å². The van der Waals surface area contributed by atoms with Gasteiger partial charge < -0.3 is 10.2 Å². The van der Waals surface area contributed by atoms with E-state index in [4.69, 9.17) is 0 Å². The maximum Gasteiger partial charge on any atom is 0.416 e. The van der Waals surface area contributed by atoms with Crippen molar-refractivity contribution in [3.05, 3.63) is 29.3 Å². The van der Waals surface area contributed by atoms with Crippen LogP contribution in [0.5, 0.6) is 0 Å². The number of alkyl halides is 3. The van der Waals surface area contributed by atoms with Crippen LogP contribution in [0, 0.1) is 12.8 Å². The molecule has 2 nitrogen and oxygen atoms in total. The first-order valence-electron chi connectivity index (χ1n) is 7.05. The Bertz CT molecular complexity index is 457. The van der Waals surface area contributed by atoms with Crippen LogP contribution in [0.2, 0.25) is 0 Å². The normalized spacial score (nSPS) is 19.6. The predicted octanol–water partition coefficient (Wildman–Crippen LogP) is 3.45. The Morgan fingerprint density at radius 2 is 2.10 bits per heavy atom. The zero-order valence-electron chi connectivity index (χ0n) is 11.9. The fraction of sp³-hybridized carbons (Fsp3) is 0.600. The number of anilines is 1. The van der Waals surface area contributed by atoms with Crippen molar-refractivity contribution in [2.75, 3.05) is 31.1 Å². The first kappa shape index (κ1) is 15.2. The molecule has 2 rings (SSSR count). The van der Waals surface area contributed by atoms with Crippen LogP contribution in [0.4, 0.5) is 18.9 Å². The molecule has 0 spiro atoms. The van der Waals surface area contributed by atoms with E-state index in [2.05, 4.69) is 17.1 Å². The Morgan fingerprint density at radius 1 is 1.35 bits per heavy atom. The molecule has 1 aliphatic rings. The van der Waals surface area contributed by atoms with E-state index in [1.807, 2.05) is 6.92 Å². The second-order valence-electron chi connectivity index (χ2n) is 5.41. The number of nitrogens with zero attached hydrogens (tertiary/aromatic N) is 1. The maximum absolute atomic E-state index is 12.8. The molecule has 112 valence electrons. The first-order valence-corrected chi connectivity index (χ1v) is 7.05. The monoisotopic (exact) mass is 286 g/mol. The molecule has 0 amide bonds. The highest BCUT2D eigenvalue weighted by molar-refractivity contribution is 5.56. The Labute approximate surface area is 118 Å². The third-order valence-corrected chi connectivity index (χ3v) is 3.85. The molecule has 1 saturated heterocycles. The fourth-order valence-corrected chi connectivity index (χ4v) is 2.69. The van der Waals surface area contributed by atoms with E-state index in [1.54, 1.807) is 6.07 Å². The molecule has 0 aliphatic carbocycles. The van der Waals surface area contributed by atoms with Crippen molar-refractivity contribution in [1.82, 2.24) is 5.32 Å². The molecule has 0 radical (unpaired) electrons. The average Bonchev–Trinajstić information content (AvgIpc) is 2.84. The highest BCUT2D eigenvalue weighted by atomic mass is 19.4. The molecular formula is C15H21F3N2. The van der Waals surface area contributed by atoms with E-state index < -0.39 is 11.7 Å². The molecule has 0 saturated carbocycles. The van der Waals surface area contributed by atoms with Gasteiger partial charge in [0.1, 0.15) is 0 Å². The number of halogens is 3. The summed E-state index contributed by atoms with van der Waals surface area (Å²) in [6.45, 7) is 7.45. The van der Waals surface area contributed by atoms with Gasteiger partial charge in [0.25, 0.3) is 0 Å². The molecule has 1 heterocycles. The van der Waals surface area contributed by atoms with Gasteiger partial charge in [-0.2, -0.15) is 13.2 Å². The quantitative estimate of drug-likeness (QED) is 0.912. The maximum atomic E-state index is 12.8. The lowest BCUT2D eigenvalue weighted by Gasteiger charge is -2.22. The van der Waals surface area contributed by atoms with Crippen molar-refractivity contribution < 1.29 is 13.2 Å². The highest BCUT2D eigenvalue weighted by Gasteiger charge is 2.32. The smallest absolute Gasteiger partial charge is 0.371 e. The molecule has 5 heteroatoms. The summed E-state index contributed by atoms with van der Waals surface area (Å²) in [4.78, 5) is 2.08. The molecule has 1 unspecified atom stereocenters. The van der Waals surface area contributed by atoms with Crippen LogP contribution < -0.4 is 10.2 Å². The lowest BCUT2D eigenvalue weighted by molar-refractivity contribution is -0.137. The lowest BCUT2D eigenvalue weighted by Crippen LogP contribution is -2.26. The summed E-state index contributed by atoms with van der Waals surface area (Å²) < 4.78 is 38.4. The SMILES string of the molecule is CCNCC1CCN(c2cc(C(F)(F)F)ccc2C)C1. The molecule has 1 N–H and O–H groups in total. The highest BCUT2D eigenvalue weighted by Crippen LogP contribution is 2.34. The number of benzene rings is 1. The van der Waals surface area contributed by atoms with Crippen LogP contribution in [-0.4, -0.2) is 26.2 Å². The van der Waals surface area contributed by atoms with Crippen molar-refractivity contribution in [3.63, 3.8) is 0 Å². The minimum Gasteiger partial charge on any atom is -0.371 e. The number of hydrogen-bond acceptors (Lipinski definition) is 2. The Hall–Kier alpha value is -1.23. The van der Waals surface area contributed by atoms with Gasteiger partial charge in [-0.1, -0.05) is 13.0 Å². The third-order valence-electron chi connectivity index (χ3n) is 3.85. The Morgan fingerprint density at radius 3 is 2.75 bits per heavy atom. The Kier molecular flexibility index (Phi) is 4.58. The van der Waals surface area contributed by atoms with E-state index >= 15 is 0 Å². The van der Waals surface area contributed by atoms with E-state index in [0.29, 0.717) is 5.92 Å². The number of aryl methyl sites for hydroxylation is 1. The minimum atomic E-state index is -4.27. The molecule has 1 fully saturated rings. The summed E-state index contributed by atoms with van der Waals surface area (Å²) in [5, 5.41) is 3.31. The second kappa shape index (κ2) is 6.04. The number of rotatable bonds is 4. The van der Waals surface area contributed by atoms with Crippen LogP contribution in [0.15, 0.2) is 18.2 Å². The molecule has 0 aromatic heterocycles. The van der Waals surface area contributed by atoms with Crippen molar-refractivity contribution >= 4 is 5.69 Å². The van der Waals surface area contributed by atoms with Crippen molar-refractivity contribution in [1.29, 1.82) is 0 Å². The molecule has 0 bridgehead atoms. The van der Waals surface area contributed by atoms with Crippen LogP contribution >= 0.6 is 0 Å². The van der Waals surface area contributed by atoms with Gasteiger partial charge in [0.2, 0.25) is 0 Å². The van der Waals surface area contributed by atoms with Crippen LogP contribution in [-0.2, 0) is 6.18 Å². The van der Waals surface area contributed by atoms with Crippen molar-refractivity contribution in [3.8, 4) is 0 Å². The van der Waals surface area contributed by atoms with Crippen LogP contribution in [0.1, 0.15) is 24.5 Å². The average molecular weight is 286 g/mol. The van der Waals surface area contributed by atoms with Gasteiger partial charge in [0, 0.05) is 18.8 Å². The Balaban J connectivity index is 2.13. The van der Waals surface area contributed by atoms with Gasteiger partial charge in [0.15, 0.2) is 0 Å². The molecular weight excluding hydrogens is 265 g/mol. The molecule has 1 atom stereocenters. The fourth-order valence-electron chi connectivity index (χ4n) is 2.69. The summed E-state index contributed by atoms with van der Waals surface area (Å²) in [6, 6.07) is 4.01. The topological polar surface area (TPSA) is 15.3 Å². The lowest BCUT2D eigenvalue weighted by atomic mass is 10.1. The van der Waals surface area contributed by atoms with E-state index in [9.17, 15) is 13.2 Å². The van der Waals surface area contributed by atoms with Crippen molar-refractivity contribution in [2.24, 2.45) is 5.92 Å². The van der Waals surface area contributed by atoms with Gasteiger partial charge in [-0.05, 0) is 50.0 Å². The van der Waals surface area contributed by atoms with Gasteiger partial charge >= 0.3 is 6.18 Å². The zero-order valence-corrected chi connectivity index (χ0v) is 11.9. The summed E-state index contributed by atoms with van der Waals surface area (Å²) in [7, 11) is 0. The summed E-state index contributed by atoms with van der Waals surface area (Å²) in [6.07, 6.45) is -3.24. The molecule has 1 aliphatic heterocycles. The summed E-state index contributed by atoms with van der Waals surface area (Å²) in [5.74, 6) is 0.517. The second-order valence-corrected chi connectivity index (χ2v) is 5.41. The number of nitrogens with one attached hydrogen (secondary N) is 1. The van der Waals surface area contributed by atoms with Gasteiger partial charge in [-0.25, -0.2) is 0 Å². The molecule has 20 heavy (non-hydrogen) atoms. The summed E-state index contributed by atoms with van der Waals surface area (Å²) >= 11 is 0. The van der Waals surface area contributed by atoms with Crippen LogP contribution in [0.25, 0.3) is 0 Å². The number of hydrogen-bond donors (Lipinski definition) is 1. The first-order chi connectivity index (χ1) is 9.41. The van der Waals surface area contributed by atoms with E-state index in [-0.39, 0.29) is 0 Å². The standard InChI is InChI=1S/C15H21F3N2/c1-3-19-9-12-6-7-20(10-12)14-8-13(15(16,17)18)5-4-11(14)2/h4-5,8,12,19H,3,6-7,9-10H2,1-2H3. The van der Waals surface area contributed by atoms with Gasteiger partial charge in [-0.3, -0.25) is 0 Å². The third kappa shape index (κ3) is 3.45. The molecule has 1 aromatic rings. The summed E-state index contributed by atoms with van der Waals surface area (Å²) in [5.41, 5.74) is 1.06.